The smallest absolute Gasteiger partial charge is 0.0469 e. The topological polar surface area (TPSA) is 29.3 Å². The van der Waals surface area contributed by atoms with Gasteiger partial charge in [-0.2, -0.15) is 0 Å². The number of hydrogen-bond acceptors (Lipinski definition) is 2. The van der Waals surface area contributed by atoms with Crippen LogP contribution in [0.2, 0.25) is 0 Å². The number of allylic oxidation sites excluding steroid dienone is 1. The van der Waals surface area contributed by atoms with Gasteiger partial charge in [-0.3, -0.25) is 0 Å². The number of rotatable bonds is 3. The molecule has 0 amide bonds. The largest absolute Gasteiger partial charge is 0.398 e. The lowest BCUT2D eigenvalue weighted by Crippen LogP contribution is -2.21. The van der Waals surface area contributed by atoms with E-state index >= 15 is 0 Å². The van der Waals surface area contributed by atoms with Gasteiger partial charge in [0.25, 0.3) is 0 Å². The first-order valence-electron chi connectivity index (χ1n) is 3.39. The monoisotopic (exact) mass is 140 g/mol. The Labute approximate surface area is 63.0 Å². The van der Waals surface area contributed by atoms with Crippen molar-refractivity contribution in [3.63, 3.8) is 0 Å². The molecule has 0 spiro atoms. The number of nitrogens with two attached hydrogens (primary N) is 1. The van der Waals surface area contributed by atoms with Gasteiger partial charge in [0.15, 0.2) is 0 Å². The zero-order valence-corrected chi connectivity index (χ0v) is 6.96. The first-order valence-corrected chi connectivity index (χ1v) is 3.39. The van der Waals surface area contributed by atoms with Crippen LogP contribution in [-0.4, -0.2) is 18.0 Å². The molecule has 0 fully saturated rings. The lowest BCUT2D eigenvalue weighted by molar-refractivity contribution is 0.373. The Morgan fingerprint density at radius 1 is 1.60 bits per heavy atom. The molecule has 0 rings (SSSR count). The molecule has 10 heavy (non-hydrogen) atoms. The summed E-state index contributed by atoms with van der Waals surface area (Å²) in [5.74, 6) is 0. The van der Waals surface area contributed by atoms with Crippen molar-refractivity contribution < 1.29 is 0 Å². The lowest BCUT2D eigenvalue weighted by atomic mass is 10.3. The Balaban J connectivity index is 3.98. The summed E-state index contributed by atoms with van der Waals surface area (Å²) in [5, 5.41) is 0. The molecule has 0 unspecified atom stereocenters. The Hall–Kier alpha value is -0.920. The SMILES string of the molecule is C=C/C(N)=C\N(C)C(C)C. The van der Waals surface area contributed by atoms with E-state index in [1.165, 1.54) is 0 Å². The summed E-state index contributed by atoms with van der Waals surface area (Å²) in [6, 6.07) is 0.485. The molecule has 2 nitrogen and oxygen atoms in total. The third-order valence-corrected chi connectivity index (χ3v) is 1.40. The molecule has 2 heteroatoms. The normalized spacial score (nSPS) is 11.8. The predicted molar refractivity (Wildman–Crippen MR) is 45.4 cm³/mol. The maximum atomic E-state index is 5.51. The fourth-order valence-electron chi connectivity index (χ4n) is 0.437. The Kier molecular flexibility index (Phi) is 3.62. The average Bonchev–Trinajstić information content (AvgIpc) is 1.87. The summed E-state index contributed by atoms with van der Waals surface area (Å²) in [5.41, 5.74) is 6.22. The van der Waals surface area contributed by atoms with Gasteiger partial charge in [-0.1, -0.05) is 6.58 Å². The van der Waals surface area contributed by atoms with E-state index in [1.54, 1.807) is 6.08 Å². The van der Waals surface area contributed by atoms with Crippen LogP contribution >= 0.6 is 0 Å². The minimum atomic E-state index is 0.485. The van der Waals surface area contributed by atoms with Crippen LogP contribution in [0.5, 0.6) is 0 Å². The van der Waals surface area contributed by atoms with E-state index in [0.29, 0.717) is 11.7 Å². The van der Waals surface area contributed by atoms with Crippen LogP contribution in [0.25, 0.3) is 0 Å². The maximum Gasteiger partial charge on any atom is 0.0469 e. The zero-order chi connectivity index (χ0) is 8.15. The van der Waals surface area contributed by atoms with Gasteiger partial charge >= 0.3 is 0 Å². The molecule has 0 bridgehead atoms. The fourth-order valence-corrected chi connectivity index (χ4v) is 0.437. The third kappa shape index (κ3) is 3.17. The van der Waals surface area contributed by atoms with E-state index in [9.17, 15) is 0 Å². The molecule has 0 heterocycles. The van der Waals surface area contributed by atoms with Crippen LogP contribution in [-0.2, 0) is 0 Å². The molecular formula is C8H16N2. The van der Waals surface area contributed by atoms with Gasteiger partial charge in [-0.05, 0) is 19.9 Å². The van der Waals surface area contributed by atoms with Crippen molar-refractivity contribution in [3.8, 4) is 0 Å². The van der Waals surface area contributed by atoms with Crippen LogP contribution in [0.15, 0.2) is 24.6 Å². The van der Waals surface area contributed by atoms with Gasteiger partial charge in [-0.25, -0.2) is 0 Å². The highest BCUT2D eigenvalue weighted by Crippen LogP contribution is 1.96. The summed E-state index contributed by atoms with van der Waals surface area (Å²) in [6.07, 6.45) is 3.51. The minimum absolute atomic E-state index is 0.485. The summed E-state index contributed by atoms with van der Waals surface area (Å²) in [4.78, 5) is 2.04. The highest BCUT2D eigenvalue weighted by molar-refractivity contribution is 5.10. The fraction of sp³-hybridized carbons (Fsp3) is 0.500. The van der Waals surface area contributed by atoms with Gasteiger partial charge in [0.1, 0.15) is 0 Å². The summed E-state index contributed by atoms with van der Waals surface area (Å²) >= 11 is 0. The van der Waals surface area contributed by atoms with Crippen molar-refractivity contribution >= 4 is 0 Å². The Morgan fingerprint density at radius 3 is 2.40 bits per heavy atom. The Bertz CT molecular complexity index is 136. The second-order valence-corrected chi connectivity index (χ2v) is 2.59. The van der Waals surface area contributed by atoms with E-state index < -0.39 is 0 Å². The molecule has 0 aromatic rings. The van der Waals surface area contributed by atoms with Crippen LogP contribution in [0.3, 0.4) is 0 Å². The molecule has 0 atom stereocenters. The van der Waals surface area contributed by atoms with Crippen LogP contribution < -0.4 is 5.73 Å². The van der Waals surface area contributed by atoms with Crippen molar-refractivity contribution in [3.05, 3.63) is 24.6 Å². The van der Waals surface area contributed by atoms with Gasteiger partial charge in [0.05, 0.1) is 0 Å². The molecule has 0 radical (unpaired) electrons. The van der Waals surface area contributed by atoms with E-state index in [0.717, 1.165) is 0 Å². The van der Waals surface area contributed by atoms with E-state index in [-0.39, 0.29) is 0 Å². The van der Waals surface area contributed by atoms with Gasteiger partial charge in [0, 0.05) is 25.0 Å². The predicted octanol–water partition coefficient (Wildman–Crippen LogP) is 1.31. The molecule has 0 aromatic heterocycles. The zero-order valence-electron chi connectivity index (χ0n) is 6.96. The second-order valence-electron chi connectivity index (χ2n) is 2.59. The van der Waals surface area contributed by atoms with Gasteiger partial charge in [-0.15, -0.1) is 0 Å². The Morgan fingerprint density at radius 2 is 2.10 bits per heavy atom. The molecule has 0 aliphatic heterocycles. The molecule has 58 valence electrons. The highest BCUT2D eigenvalue weighted by atomic mass is 15.1. The minimum Gasteiger partial charge on any atom is -0.398 e. The van der Waals surface area contributed by atoms with Crippen LogP contribution in [0.1, 0.15) is 13.8 Å². The molecule has 2 N–H and O–H groups in total. The van der Waals surface area contributed by atoms with Crippen molar-refractivity contribution in [2.24, 2.45) is 5.73 Å². The van der Waals surface area contributed by atoms with Crippen LogP contribution in [0, 0.1) is 0 Å². The average molecular weight is 140 g/mol. The summed E-state index contributed by atoms with van der Waals surface area (Å²) < 4.78 is 0. The number of hydrogen-bond donors (Lipinski definition) is 1. The first-order chi connectivity index (χ1) is 4.57. The van der Waals surface area contributed by atoms with Crippen molar-refractivity contribution in [1.82, 2.24) is 4.90 Å². The van der Waals surface area contributed by atoms with Gasteiger partial charge < -0.3 is 10.6 Å². The molecule has 0 saturated heterocycles. The maximum absolute atomic E-state index is 5.51. The molecule has 0 aromatic carbocycles. The lowest BCUT2D eigenvalue weighted by Gasteiger charge is -2.18. The van der Waals surface area contributed by atoms with E-state index in [1.807, 2.05) is 18.1 Å². The molecular weight excluding hydrogens is 124 g/mol. The first kappa shape index (κ1) is 9.08. The number of nitrogens with zero attached hydrogens (tertiary/aromatic N) is 1. The molecule has 0 aliphatic rings. The standard InChI is InChI=1S/C8H16N2/c1-5-8(9)6-10(4)7(2)3/h5-7H,1,9H2,2-4H3/b8-6+. The van der Waals surface area contributed by atoms with E-state index in [2.05, 4.69) is 20.4 Å². The van der Waals surface area contributed by atoms with Gasteiger partial charge in [0.2, 0.25) is 0 Å². The summed E-state index contributed by atoms with van der Waals surface area (Å²) in [7, 11) is 1.99. The molecule has 0 saturated carbocycles. The quantitative estimate of drug-likeness (QED) is 0.599. The van der Waals surface area contributed by atoms with Crippen LogP contribution in [0.4, 0.5) is 0 Å². The van der Waals surface area contributed by atoms with Crippen molar-refractivity contribution in [1.29, 1.82) is 0 Å². The third-order valence-electron chi connectivity index (χ3n) is 1.40. The summed E-state index contributed by atoms with van der Waals surface area (Å²) in [6.45, 7) is 7.76. The molecule has 0 aliphatic carbocycles. The highest BCUT2D eigenvalue weighted by Gasteiger charge is 1.95. The van der Waals surface area contributed by atoms with Crippen molar-refractivity contribution in [2.45, 2.75) is 19.9 Å². The second kappa shape index (κ2) is 3.99. The van der Waals surface area contributed by atoms with Crippen molar-refractivity contribution in [2.75, 3.05) is 7.05 Å². The van der Waals surface area contributed by atoms with E-state index in [4.69, 9.17) is 5.73 Å².